The molecule has 1 aliphatic rings. The minimum atomic E-state index is -0.376. The molecule has 1 fully saturated rings. The summed E-state index contributed by atoms with van der Waals surface area (Å²) < 4.78 is 1.99. The molecule has 2 atom stereocenters. The van der Waals surface area contributed by atoms with Crippen molar-refractivity contribution in [3.8, 4) is 5.69 Å². The Hall–Kier alpha value is -3.30. The predicted molar refractivity (Wildman–Crippen MR) is 123 cm³/mol. The van der Waals surface area contributed by atoms with Crippen molar-refractivity contribution < 1.29 is 4.92 Å². The van der Waals surface area contributed by atoms with Crippen LogP contribution in [0.15, 0.2) is 67.0 Å². The molecule has 0 saturated carbocycles. The van der Waals surface area contributed by atoms with Crippen LogP contribution in [0.2, 0.25) is 0 Å². The molecule has 3 aromatic rings. The second kappa shape index (κ2) is 8.83. The molecule has 1 N–H and O–H groups in total. The number of hydrogen-bond acceptors (Lipinski definition) is 5. The first-order chi connectivity index (χ1) is 15.0. The highest BCUT2D eigenvalue weighted by molar-refractivity contribution is 7.80. The maximum absolute atomic E-state index is 11.3. The Morgan fingerprint density at radius 1 is 1.19 bits per heavy atom. The van der Waals surface area contributed by atoms with E-state index in [4.69, 9.17) is 12.2 Å². The van der Waals surface area contributed by atoms with E-state index >= 15 is 0 Å². The summed E-state index contributed by atoms with van der Waals surface area (Å²) in [7, 11) is 4.06. The summed E-state index contributed by atoms with van der Waals surface area (Å²) >= 11 is 5.71. The Balaban J connectivity index is 1.79. The molecule has 31 heavy (non-hydrogen) atoms. The Kier molecular flexibility index (Phi) is 5.97. The van der Waals surface area contributed by atoms with Gasteiger partial charge in [-0.05, 0) is 56.6 Å². The number of pyridine rings is 1. The zero-order chi connectivity index (χ0) is 22.0. The van der Waals surface area contributed by atoms with Gasteiger partial charge in [-0.15, -0.1) is 0 Å². The molecular formula is C22H24N6O2S. The van der Waals surface area contributed by atoms with Crippen molar-refractivity contribution in [1.29, 1.82) is 0 Å². The van der Waals surface area contributed by atoms with E-state index in [1.165, 1.54) is 6.07 Å². The molecule has 1 saturated heterocycles. The molecule has 0 spiro atoms. The van der Waals surface area contributed by atoms with Crippen LogP contribution >= 0.6 is 12.2 Å². The van der Waals surface area contributed by atoms with E-state index in [0.717, 1.165) is 30.2 Å². The monoisotopic (exact) mass is 436 g/mol. The van der Waals surface area contributed by atoms with Crippen molar-refractivity contribution >= 4 is 23.0 Å². The van der Waals surface area contributed by atoms with Crippen molar-refractivity contribution in [2.75, 3.05) is 27.2 Å². The lowest BCUT2D eigenvalue weighted by Gasteiger charge is -2.29. The van der Waals surface area contributed by atoms with Gasteiger partial charge >= 0.3 is 0 Å². The lowest BCUT2D eigenvalue weighted by atomic mass is 10.0. The first-order valence-corrected chi connectivity index (χ1v) is 10.4. The summed E-state index contributed by atoms with van der Waals surface area (Å²) in [6.07, 6.45) is 3.70. The molecule has 3 heterocycles. The Labute approximate surface area is 186 Å². The summed E-state index contributed by atoms with van der Waals surface area (Å²) in [4.78, 5) is 19.8. The van der Waals surface area contributed by atoms with E-state index in [0.29, 0.717) is 5.11 Å². The predicted octanol–water partition coefficient (Wildman–Crippen LogP) is 3.31. The average Bonchev–Trinajstić information content (AvgIpc) is 3.37. The van der Waals surface area contributed by atoms with Gasteiger partial charge in [-0.25, -0.2) is 0 Å². The van der Waals surface area contributed by atoms with Crippen molar-refractivity contribution in [1.82, 2.24) is 24.7 Å². The van der Waals surface area contributed by atoms with Crippen LogP contribution in [0.4, 0.5) is 5.69 Å². The quantitative estimate of drug-likeness (QED) is 0.346. The lowest BCUT2D eigenvalue weighted by Crippen LogP contribution is -2.36. The van der Waals surface area contributed by atoms with Gasteiger partial charge in [0.1, 0.15) is 0 Å². The molecule has 1 aliphatic heterocycles. The molecule has 2 aromatic heterocycles. The van der Waals surface area contributed by atoms with Crippen LogP contribution in [-0.2, 0) is 0 Å². The maximum Gasteiger partial charge on any atom is 0.271 e. The second-order valence-corrected chi connectivity index (χ2v) is 8.09. The van der Waals surface area contributed by atoms with Crippen LogP contribution in [0, 0.1) is 10.1 Å². The molecule has 4 rings (SSSR count). The fraction of sp³-hybridized carbons (Fsp3) is 0.273. The highest BCUT2D eigenvalue weighted by Gasteiger charge is 2.41. The summed E-state index contributed by atoms with van der Waals surface area (Å²) in [6, 6.07) is 16.2. The molecule has 160 valence electrons. The fourth-order valence-electron chi connectivity index (χ4n) is 3.90. The third-order valence-corrected chi connectivity index (χ3v) is 5.74. The number of rotatable bonds is 7. The molecule has 0 bridgehead atoms. The van der Waals surface area contributed by atoms with Gasteiger partial charge in [0, 0.05) is 43.3 Å². The number of benzene rings is 1. The molecule has 9 heteroatoms. The topological polar surface area (TPSA) is 79.5 Å². The van der Waals surface area contributed by atoms with Crippen molar-refractivity contribution in [3.63, 3.8) is 0 Å². The van der Waals surface area contributed by atoms with Crippen molar-refractivity contribution in [2.45, 2.75) is 12.1 Å². The SMILES string of the molecule is CN(C)CCN1C(=S)N[C@H](c2ccccn2)[C@H]1c1cccn1-c1cccc([N+](=O)[O-])c1. The fourth-order valence-corrected chi connectivity index (χ4v) is 4.23. The Morgan fingerprint density at radius 3 is 2.74 bits per heavy atom. The molecule has 0 unspecified atom stereocenters. The number of thiocarbonyl (C=S) groups is 1. The average molecular weight is 437 g/mol. The van der Waals surface area contributed by atoms with Crippen molar-refractivity contribution in [2.24, 2.45) is 0 Å². The number of nitrogens with one attached hydrogen (secondary N) is 1. The smallest absolute Gasteiger partial charge is 0.271 e. The number of likely N-dealkylation sites (N-methyl/N-ethyl adjacent to an activating group) is 1. The van der Waals surface area contributed by atoms with Crippen LogP contribution in [-0.4, -0.2) is 56.6 Å². The van der Waals surface area contributed by atoms with Crippen LogP contribution < -0.4 is 5.32 Å². The number of nitrogens with zero attached hydrogens (tertiary/aromatic N) is 5. The zero-order valence-electron chi connectivity index (χ0n) is 17.4. The van der Waals surface area contributed by atoms with Crippen LogP contribution in [0.5, 0.6) is 0 Å². The number of non-ortho nitro benzene ring substituents is 1. The normalized spacial score (nSPS) is 18.4. The summed E-state index contributed by atoms with van der Waals surface area (Å²) in [6.45, 7) is 1.58. The first-order valence-electron chi connectivity index (χ1n) is 10.0. The van der Waals surface area contributed by atoms with Gasteiger partial charge in [0.15, 0.2) is 5.11 Å². The highest BCUT2D eigenvalue weighted by Crippen LogP contribution is 2.39. The number of nitro benzene ring substituents is 1. The van der Waals surface area contributed by atoms with Gasteiger partial charge in [0.25, 0.3) is 5.69 Å². The zero-order valence-corrected chi connectivity index (χ0v) is 18.2. The van der Waals surface area contributed by atoms with Gasteiger partial charge in [-0.1, -0.05) is 12.1 Å². The Bertz CT molecular complexity index is 1080. The van der Waals surface area contributed by atoms with Crippen LogP contribution in [0.1, 0.15) is 23.5 Å². The van der Waals surface area contributed by atoms with E-state index in [1.54, 1.807) is 18.3 Å². The van der Waals surface area contributed by atoms with E-state index in [1.807, 2.05) is 61.3 Å². The number of hydrogen-bond donors (Lipinski definition) is 1. The molecule has 0 radical (unpaired) electrons. The van der Waals surface area contributed by atoms with Crippen molar-refractivity contribution in [3.05, 3.63) is 88.5 Å². The van der Waals surface area contributed by atoms with Gasteiger partial charge in [-0.2, -0.15) is 0 Å². The minimum absolute atomic E-state index is 0.0583. The van der Waals surface area contributed by atoms with E-state index < -0.39 is 0 Å². The molecule has 1 aromatic carbocycles. The third kappa shape index (κ3) is 4.28. The number of aromatic nitrogens is 2. The maximum atomic E-state index is 11.3. The highest BCUT2D eigenvalue weighted by atomic mass is 32.1. The number of nitro groups is 1. The lowest BCUT2D eigenvalue weighted by molar-refractivity contribution is -0.384. The Morgan fingerprint density at radius 2 is 2.03 bits per heavy atom. The minimum Gasteiger partial charge on any atom is -0.352 e. The standard InChI is InChI=1S/C22H24N6O2S/c1-25(2)13-14-27-21(20(24-22(27)31)18-9-3-4-11-23-18)19-10-6-12-26(19)16-7-5-8-17(15-16)28(29)30/h3-12,15,20-21H,13-14H2,1-2H3,(H,24,31)/t20-,21-/m1/s1. The molecular weight excluding hydrogens is 412 g/mol. The van der Waals surface area contributed by atoms with Crippen LogP contribution in [0.25, 0.3) is 5.69 Å². The van der Waals surface area contributed by atoms with E-state index in [9.17, 15) is 10.1 Å². The third-order valence-electron chi connectivity index (χ3n) is 5.39. The van der Waals surface area contributed by atoms with Gasteiger partial charge in [-0.3, -0.25) is 15.1 Å². The van der Waals surface area contributed by atoms with Gasteiger partial charge in [0.05, 0.1) is 28.4 Å². The van der Waals surface area contributed by atoms with Gasteiger partial charge in [0.2, 0.25) is 0 Å². The molecule has 0 amide bonds. The molecule has 0 aliphatic carbocycles. The largest absolute Gasteiger partial charge is 0.352 e. The summed E-state index contributed by atoms with van der Waals surface area (Å²) in [5, 5.41) is 15.4. The second-order valence-electron chi connectivity index (χ2n) is 7.70. The first kappa shape index (κ1) is 21.0. The molecule has 8 nitrogen and oxygen atoms in total. The summed E-state index contributed by atoms with van der Waals surface area (Å²) in [5.41, 5.74) is 2.68. The van der Waals surface area contributed by atoms with Gasteiger partial charge < -0.3 is 19.7 Å². The van der Waals surface area contributed by atoms with Crippen LogP contribution in [0.3, 0.4) is 0 Å². The van der Waals surface area contributed by atoms with E-state index in [2.05, 4.69) is 20.1 Å². The summed E-state index contributed by atoms with van der Waals surface area (Å²) in [5.74, 6) is 0. The van der Waals surface area contributed by atoms with E-state index in [-0.39, 0.29) is 22.7 Å².